The quantitative estimate of drug-likeness (QED) is 0.684. The molecule has 1 aromatic rings. The molecular weight excluding hydrogens is 268 g/mol. The summed E-state index contributed by atoms with van der Waals surface area (Å²) in [7, 11) is 0. The molecule has 114 valence electrons. The molecule has 0 radical (unpaired) electrons. The fraction of sp³-hybridized carbons (Fsp3) is 0.625. The van der Waals surface area contributed by atoms with E-state index in [1.165, 1.54) is 37.8 Å². The summed E-state index contributed by atoms with van der Waals surface area (Å²) in [6.45, 7) is 2.71. The lowest BCUT2D eigenvalue weighted by atomic mass is 9.82. The summed E-state index contributed by atoms with van der Waals surface area (Å²) < 4.78 is 0. The molecule has 0 amide bonds. The molecule has 1 heterocycles. The van der Waals surface area contributed by atoms with E-state index in [1.807, 2.05) is 0 Å². The molecule has 1 saturated carbocycles. The predicted octanol–water partition coefficient (Wildman–Crippen LogP) is 2.75. The van der Waals surface area contributed by atoms with Gasteiger partial charge < -0.3 is 5.11 Å². The molecule has 1 saturated heterocycles. The second kappa shape index (κ2) is 6.12. The Morgan fingerprint density at radius 3 is 2.57 bits per heavy atom. The molecule has 1 N–H and O–H groups in total. The Labute approximate surface area is 124 Å². The summed E-state index contributed by atoms with van der Waals surface area (Å²) >= 11 is 0. The number of benzene rings is 1. The monoisotopic (exact) mass is 290 g/mol. The Morgan fingerprint density at radius 2 is 1.95 bits per heavy atom. The van der Waals surface area contributed by atoms with Crippen LogP contribution in [0.3, 0.4) is 0 Å². The van der Waals surface area contributed by atoms with E-state index < -0.39 is 11.0 Å². The molecule has 1 aliphatic carbocycles. The van der Waals surface area contributed by atoms with E-state index in [9.17, 15) is 15.2 Å². The van der Waals surface area contributed by atoms with Crippen LogP contribution in [-0.2, 0) is 0 Å². The molecule has 2 aliphatic rings. The first kappa shape index (κ1) is 14.5. The van der Waals surface area contributed by atoms with Crippen LogP contribution in [0.15, 0.2) is 24.3 Å². The number of hydrogen-bond acceptors (Lipinski definition) is 4. The van der Waals surface area contributed by atoms with Gasteiger partial charge in [-0.2, -0.15) is 0 Å². The van der Waals surface area contributed by atoms with Crippen molar-refractivity contribution in [3.8, 4) is 0 Å². The number of β-amino-alcohol motifs (C(OH)–C–C–N with tert-alkyl or cyclic N) is 1. The number of aliphatic hydroxyl groups is 1. The first-order valence-corrected chi connectivity index (χ1v) is 7.78. The van der Waals surface area contributed by atoms with Crippen LogP contribution in [0.25, 0.3) is 0 Å². The Hall–Kier alpha value is -1.46. The maximum Gasteiger partial charge on any atom is 0.269 e. The van der Waals surface area contributed by atoms with Crippen molar-refractivity contribution >= 4 is 5.69 Å². The normalized spacial score (nSPS) is 27.3. The van der Waals surface area contributed by atoms with E-state index in [0.717, 1.165) is 24.9 Å². The fourth-order valence-corrected chi connectivity index (χ4v) is 3.85. The van der Waals surface area contributed by atoms with Crippen molar-refractivity contribution in [2.24, 2.45) is 11.8 Å². The molecule has 0 aromatic heterocycles. The molecule has 5 heteroatoms. The molecule has 21 heavy (non-hydrogen) atoms. The van der Waals surface area contributed by atoms with E-state index >= 15 is 0 Å². The summed E-state index contributed by atoms with van der Waals surface area (Å²) in [6.07, 6.45) is 4.65. The highest BCUT2D eigenvalue weighted by atomic mass is 16.6. The van der Waals surface area contributed by atoms with Gasteiger partial charge in [0.05, 0.1) is 11.0 Å². The van der Waals surface area contributed by atoms with Gasteiger partial charge in [-0.25, -0.2) is 0 Å². The highest BCUT2D eigenvalue weighted by molar-refractivity contribution is 5.35. The first-order chi connectivity index (χ1) is 10.1. The summed E-state index contributed by atoms with van der Waals surface area (Å²) in [5, 5.41) is 21.2. The average molecular weight is 290 g/mol. The third-order valence-electron chi connectivity index (χ3n) is 4.95. The maximum absolute atomic E-state index is 10.8. The molecule has 3 rings (SSSR count). The largest absolute Gasteiger partial charge is 0.387 e. The summed E-state index contributed by atoms with van der Waals surface area (Å²) in [4.78, 5) is 12.7. The van der Waals surface area contributed by atoms with Crippen LogP contribution in [0.1, 0.15) is 37.4 Å². The van der Waals surface area contributed by atoms with Gasteiger partial charge in [-0.3, -0.25) is 15.0 Å². The number of nitro benzene ring substituents is 1. The van der Waals surface area contributed by atoms with Crippen molar-refractivity contribution in [2.75, 3.05) is 19.6 Å². The lowest BCUT2D eigenvalue weighted by molar-refractivity contribution is -0.385. The van der Waals surface area contributed by atoms with Crippen LogP contribution in [0.5, 0.6) is 0 Å². The predicted molar refractivity (Wildman–Crippen MR) is 79.9 cm³/mol. The average Bonchev–Trinajstić information content (AvgIpc) is 2.89. The molecule has 1 aromatic carbocycles. The van der Waals surface area contributed by atoms with Gasteiger partial charge in [-0.05, 0) is 30.2 Å². The second-order valence-corrected chi connectivity index (χ2v) is 6.39. The molecule has 3 atom stereocenters. The van der Waals surface area contributed by atoms with Crippen molar-refractivity contribution in [3.63, 3.8) is 0 Å². The molecule has 1 aliphatic heterocycles. The van der Waals surface area contributed by atoms with Crippen LogP contribution in [-0.4, -0.2) is 34.6 Å². The molecule has 0 spiro atoms. The molecular formula is C16H22N2O3. The molecule has 0 bridgehead atoms. The third kappa shape index (κ3) is 3.24. The second-order valence-electron chi connectivity index (χ2n) is 6.39. The minimum atomic E-state index is -0.648. The van der Waals surface area contributed by atoms with Crippen molar-refractivity contribution in [1.82, 2.24) is 4.90 Å². The van der Waals surface area contributed by atoms with E-state index in [2.05, 4.69) is 4.90 Å². The van der Waals surface area contributed by atoms with Crippen molar-refractivity contribution in [1.29, 1.82) is 0 Å². The van der Waals surface area contributed by atoms with Gasteiger partial charge >= 0.3 is 0 Å². The van der Waals surface area contributed by atoms with Crippen LogP contribution in [0.4, 0.5) is 5.69 Å². The van der Waals surface area contributed by atoms with E-state index in [1.54, 1.807) is 12.1 Å². The minimum Gasteiger partial charge on any atom is -0.387 e. The summed E-state index contributed by atoms with van der Waals surface area (Å²) in [5.41, 5.74) is 0.681. The SMILES string of the molecule is O=[N+]([O-])c1cccc(C(O)CN2CC3CCCCC3C2)c1. The zero-order valence-corrected chi connectivity index (χ0v) is 12.1. The van der Waals surface area contributed by atoms with Gasteiger partial charge in [0.25, 0.3) is 5.69 Å². The number of hydrogen-bond donors (Lipinski definition) is 1. The van der Waals surface area contributed by atoms with Crippen molar-refractivity contribution in [3.05, 3.63) is 39.9 Å². The third-order valence-corrected chi connectivity index (χ3v) is 4.95. The smallest absolute Gasteiger partial charge is 0.269 e. The van der Waals surface area contributed by atoms with Crippen LogP contribution in [0, 0.1) is 22.0 Å². The lowest BCUT2D eigenvalue weighted by Crippen LogP contribution is -2.26. The zero-order valence-electron chi connectivity index (χ0n) is 12.1. The summed E-state index contributed by atoms with van der Waals surface area (Å²) in [6, 6.07) is 6.34. The fourth-order valence-electron chi connectivity index (χ4n) is 3.85. The number of nitro groups is 1. The summed E-state index contributed by atoms with van der Waals surface area (Å²) in [5.74, 6) is 1.58. The number of nitrogens with zero attached hydrogens (tertiary/aromatic N) is 2. The van der Waals surface area contributed by atoms with Gasteiger partial charge in [0.1, 0.15) is 0 Å². The highest BCUT2D eigenvalue weighted by Gasteiger charge is 2.34. The maximum atomic E-state index is 10.8. The van der Waals surface area contributed by atoms with E-state index in [4.69, 9.17) is 0 Å². The zero-order chi connectivity index (χ0) is 14.8. The molecule has 2 fully saturated rings. The van der Waals surface area contributed by atoms with Gasteiger partial charge in [0.15, 0.2) is 0 Å². The molecule has 3 unspecified atom stereocenters. The van der Waals surface area contributed by atoms with Crippen molar-refractivity contribution < 1.29 is 10.0 Å². The number of rotatable bonds is 4. The van der Waals surface area contributed by atoms with Gasteiger partial charge in [0.2, 0.25) is 0 Å². The first-order valence-electron chi connectivity index (χ1n) is 7.78. The van der Waals surface area contributed by atoms with E-state index in [0.29, 0.717) is 12.1 Å². The van der Waals surface area contributed by atoms with Crippen LogP contribution < -0.4 is 0 Å². The van der Waals surface area contributed by atoms with Crippen molar-refractivity contribution in [2.45, 2.75) is 31.8 Å². The van der Waals surface area contributed by atoms with E-state index in [-0.39, 0.29) is 5.69 Å². The highest BCUT2D eigenvalue weighted by Crippen LogP contribution is 2.36. The van der Waals surface area contributed by atoms with Crippen LogP contribution >= 0.6 is 0 Å². The minimum absolute atomic E-state index is 0.0432. The number of aliphatic hydroxyl groups excluding tert-OH is 1. The topological polar surface area (TPSA) is 66.6 Å². The molecule has 5 nitrogen and oxygen atoms in total. The number of fused-ring (bicyclic) bond motifs is 1. The standard InChI is InChI=1S/C16H22N2O3/c19-16(12-6-3-7-15(8-12)18(20)21)11-17-9-13-4-1-2-5-14(13)10-17/h3,6-8,13-14,16,19H,1-2,4-5,9-11H2. The Morgan fingerprint density at radius 1 is 1.29 bits per heavy atom. The van der Waals surface area contributed by atoms with Gasteiger partial charge in [0, 0.05) is 31.8 Å². The van der Waals surface area contributed by atoms with Gasteiger partial charge in [-0.15, -0.1) is 0 Å². The lowest BCUT2D eigenvalue weighted by Gasteiger charge is -2.23. The number of likely N-dealkylation sites (tertiary alicyclic amines) is 1. The van der Waals surface area contributed by atoms with Gasteiger partial charge in [-0.1, -0.05) is 25.0 Å². The Bertz CT molecular complexity index is 506. The number of non-ortho nitro benzene ring substituents is 1. The Balaban J connectivity index is 1.62. The van der Waals surface area contributed by atoms with Crippen LogP contribution in [0.2, 0.25) is 0 Å². The Kier molecular flexibility index (Phi) is 4.22.